The normalized spacial score (nSPS) is 15.2. The standard InChI is InChI=1S/C18H18F2NO3P/c19-18(20,25)13-3-1-12(2-4-13)17(23)15-6-5-14(11-16(15)22)21-7-9-24-10-8-21/h1-6,11,22H,7-10,25H2. The molecule has 1 saturated heterocycles. The van der Waals surface area contributed by atoms with Crippen molar-refractivity contribution in [2.75, 3.05) is 31.2 Å². The van der Waals surface area contributed by atoms with Crippen molar-refractivity contribution >= 4 is 20.7 Å². The van der Waals surface area contributed by atoms with Gasteiger partial charge in [0.1, 0.15) is 5.75 Å². The van der Waals surface area contributed by atoms with Gasteiger partial charge >= 0.3 is 0 Å². The molecule has 0 spiro atoms. The maximum absolute atomic E-state index is 13.2. The molecular formula is C18H18F2NO3P. The summed E-state index contributed by atoms with van der Waals surface area (Å²) < 4.78 is 31.7. The van der Waals surface area contributed by atoms with Crippen molar-refractivity contribution in [3.8, 4) is 5.75 Å². The third-order valence-electron chi connectivity index (χ3n) is 4.13. The molecule has 1 aliphatic heterocycles. The Hall–Kier alpha value is -2.04. The predicted octanol–water partition coefficient (Wildman–Crippen LogP) is 3.38. The lowest BCUT2D eigenvalue weighted by Crippen LogP contribution is -2.36. The molecule has 7 heteroatoms. The maximum atomic E-state index is 13.2. The number of carbonyl (C=O) groups is 1. The minimum atomic E-state index is -3.04. The summed E-state index contributed by atoms with van der Waals surface area (Å²) in [5.41, 5.74) is -2.03. The molecule has 0 bridgehead atoms. The van der Waals surface area contributed by atoms with Crippen LogP contribution in [0.15, 0.2) is 42.5 Å². The molecule has 132 valence electrons. The number of alkyl halides is 2. The minimum absolute atomic E-state index is 0.130. The van der Waals surface area contributed by atoms with Crippen LogP contribution in [0.2, 0.25) is 0 Å². The van der Waals surface area contributed by atoms with E-state index in [1.807, 2.05) is 0 Å². The molecule has 0 saturated carbocycles. The first kappa shape index (κ1) is 17.8. The highest BCUT2D eigenvalue weighted by molar-refractivity contribution is 7.17. The zero-order valence-corrected chi connectivity index (χ0v) is 14.6. The van der Waals surface area contributed by atoms with Gasteiger partial charge < -0.3 is 14.7 Å². The smallest absolute Gasteiger partial charge is 0.283 e. The van der Waals surface area contributed by atoms with Gasteiger partial charge in [-0.05, 0) is 12.1 Å². The Morgan fingerprint density at radius 2 is 1.76 bits per heavy atom. The van der Waals surface area contributed by atoms with Crippen LogP contribution in [-0.2, 0) is 10.4 Å². The summed E-state index contributed by atoms with van der Waals surface area (Å²) in [6.45, 7) is 2.68. The van der Waals surface area contributed by atoms with E-state index in [-0.39, 0.29) is 22.4 Å². The number of nitrogens with zero attached hydrogens (tertiary/aromatic N) is 1. The van der Waals surface area contributed by atoms with Crippen LogP contribution in [-0.4, -0.2) is 37.2 Å². The Labute approximate surface area is 146 Å². The third kappa shape index (κ3) is 3.97. The number of hydrogen-bond acceptors (Lipinski definition) is 4. The molecule has 0 radical (unpaired) electrons. The van der Waals surface area contributed by atoms with Crippen LogP contribution >= 0.6 is 9.24 Å². The maximum Gasteiger partial charge on any atom is 0.283 e. The summed E-state index contributed by atoms with van der Waals surface area (Å²) in [7, 11) is 1.46. The highest BCUT2D eigenvalue weighted by Crippen LogP contribution is 2.35. The molecule has 0 aromatic heterocycles. The fourth-order valence-corrected chi connectivity index (χ4v) is 2.92. The highest BCUT2D eigenvalue weighted by atomic mass is 31.0. The van der Waals surface area contributed by atoms with Gasteiger partial charge in [-0.1, -0.05) is 33.5 Å². The van der Waals surface area contributed by atoms with Crippen LogP contribution in [0.5, 0.6) is 5.75 Å². The Kier molecular flexibility index (Phi) is 5.02. The van der Waals surface area contributed by atoms with E-state index < -0.39 is 11.4 Å². The largest absolute Gasteiger partial charge is 0.507 e. The average molecular weight is 365 g/mol. The van der Waals surface area contributed by atoms with E-state index in [0.29, 0.717) is 13.2 Å². The molecule has 3 rings (SSSR count). The summed E-state index contributed by atoms with van der Waals surface area (Å²) in [6.07, 6.45) is 0. The lowest BCUT2D eigenvalue weighted by molar-refractivity contribution is 0.102. The molecule has 1 aliphatic rings. The first-order chi connectivity index (χ1) is 11.9. The second-order valence-electron chi connectivity index (χ2n) is 5.83. The number of morpholine rings is 1. The summed E-state index contributed by atoms with van der Waals surface area (Å²) >= 11 is 0. The molecule has 4 nitrogen and oxygen atoms in total. The van der Waals surface area contributed by atoms with Crippen molar-refractivity contribution < 1.29 is 23.4 Å². The number of phenolic OH excluding ortho intramolecular Hbond substituents is 1. The van der Waals surface area contributed by atoms with Crippen LogP contribution in [0.25, 0.3) is 0 Å². The van der Waals surface area contributed by atoms with Gasteiger partial charge in [0.2, 0.25) is 0 Å². The van der Waals surface area contributed by atoms with Gasteiger partial charge in [0, 0.05) is 36.0 Å². The van der Waals surface area contributed by atoms with Gasteiger partial charge in [0.15, 0.2) is 5.78 Å². The van der Waals surface area contributed by atoms with E-state index >= 15 is 0 Å². The van der Waals surface area contributed by atoms with Crippen LogP contribution in [0.4, 0.5) is 14.5 Å². The van der Waals surface area contributed by atoms with Gasteiger partial charge in [-0.15, -0.1) is 0 Å². The lowest BCUT2D eigenvalue weighted by Gasteiger charge is -2.29. The Morgan fingerprint density at radius 1 is 1.12 bits per heavy atom. The van der Waals surface area contributed by atoms with Crippen LogP contribution in [0, 0.1) is 0 Å². The van der Waals surface area contributed by atoms with Crippen LogP contribution in [0.1, 0.15) is 21.5 Å². The average Bonchev–Trinajstić information content (AvgIpc) is 2.61. The number of carbonyl (C=O) groups excluding carboxylic acids is 1. The topological polar surface area (TPSA) is 49.8 Å². The van der Waals surface area contributed by atoms with Crippen molar-refractivity contribution in [3.05, 3.63) is 59.2 Å². The molecule has 2 aromatic carbocycles. The molecule has 0 amide bonds. The van der Waals surface area contributed by atoms with E-state index in [1.54, 1.807) is 18.2 Å². The van der Waals surface area contributed by atoms with E-state index in [4.69, 9.17) is 4.74 Å². The molecule has 0 aliphatic carbocycles. The quantitative estimate of drug-likeness (QED) is 0.667. The molecule has 1 unspecified atom stereocenters. The van der Waals surface area contributed by atoms with E-state index in [2.05, 4.69) is 4.90 Å². The fraction of sp³-hybridized carbons (Fsp3) is 0.278. The number of halogens is 2. The summed E-state index contributed by atoms with van der Waals surface area (Å²) in [5.74, 6) is -0.543. The molecule has 2 aromatic rings. The first-order valence-corrected chi connectivity index (χ1v) is 8.41. The lowest BCUT2D eigenvalue weighted by atomic mass is 10.0. The molecular weight excluding hydrogens is 347 g/mol. The van der Waals surface area contributed by atoms with Crippen molar-refractivity contribution in [2.45, 2.75) is 5.66 Å². The molecule has 1 heterocycles. The second kappa shape index (κ2) is 7.06. The fourth-order valence-electron chi connectivity index (χ4n) is 2.73. The zero-order chi connectivity index (χ0) is 18.0. The van der Waals surface area contributed by atoms with Gasteiger partial charge in [-0.3, -0.25) is 4.79 Å². The van der Waals surface area contributed by atoms with Gasteiger partial charge in [0.05, 0.1) is 18.8 Å². The number of benzene rings is 2. The van der Waals surface area contributed by atoms with E-state index in [1.165, 1.54) is 33.5 Å². The Morgan fingerprint density at radius 3 is 2.32 bits per heavy atom. The van der Waals surface area contributed by atoms with Crippen molar-refractivity contribution in [1.82, 2.24) is 0 Å². The zero-order valence-electron chi connectivity index (χ0n) is 13.4. The number of phenols is 1. The van der Waals surface area contributed by atoms with E-state index in [0.717, 1.165) is 18.8 Å². The molecule has 1 atom stereocenters. The van der Waals surface area contributed by atoms with Crippen LogP contribution in [0.3, 0.4) is 0 Å². The molecule has 1 fully saturated rings. The Bertz CT molecular complexity index is 769. The molecule has 25 heavy (non-hydrogen) atoms. The van der Waals surface area contributed by atoms with Crippen molar-refractivity contribution in [3.63, 3.8) is 0 Å². The third-order valence-corrected chi connectivity index (χ3v) is 4.47. The summed E-state index contributed by atoms with van der Waals surface area (Å²) in [4.78, 5) is 14.6. The van der Waals surface area contributed by atoms with Crippen molar-refractivity contribution in [2.24, 2.45) is 0 Å². The number of hydrogen-bond donors (Lipinski definition) is 1. The van der Waals surface area contributed by atoms with Gasteiger partial charge in [0.25, 0.3) is 5.66 Å². The second-order valence-corrected chi connectivity index (χ2v) is 6.56. The Balaban J connectivity index is 1.82. The number of ketones is 1. The number of anilines is 1. The van der Waals surface area contributed by atoms with Crippen molar-refractivity contribution in [1.29, 1.82) is 0 Å². The summed E-state index contributed by atoms with van der Waals surface area (Å²) in [6, 6.07) is 9.96. The van der Waals surface area contributed by atoms with Gasteiger partial charge in [-0.25, -0.2) is 0 Å². The number of aromatic hydroxyl groups is 1. The predicted molar refractivity (Wildman–Crippen MR) is 94.6 cm³/mol. The summed E-state index contributed by atoms with van der Waals surface area (Å²) in [5, 5.41) is 10.2. The molecule has 1 N–H and O–H groups in total. The monoisotopic (exact) mass is 365 g/mol. The minimum Gasteiger partial charge on any atom is -0.507 e. The SMILES string of the molecule is O=C(c1ccc(C(F)(F)P)cc1)c1ccc(N2CCOCC2)cc1O. The van der Waals surface area contributed by atoms with Crippen LogP contribution < -0.4 is 4.90 Å². The number of ether oxygens (including phenoxy) is 1. The van der Waals surface area contributed by atoms with Gasteiger partial charge in [-0.2, -0.15) is 8.78 Å². The van der Waals surface area contributed by atoms with E-state index in [9.17, 15) is 18.7 Å². The number of rotatable bonds is 4. The first-order valence-electron chi connectivity index (χ1n) is 7.84. The highest BCUT2D eigenvalue weighted by Gasteiger charge is 2.25.